The van der Waals surface area contributed by atoms with Gasteiger partial charge in [0.05, 0.1) is 5.56 Å². The van der Waals surface area contributed by atoms with Crippen molar-refractivity contribution in [2.45, 2.75) is 12.3 Å². The van der Waals surface area contributed by atoms with Crippen molar-refractivity contribution in [2.24, 2.45) is 0 Å². The number of halogens is 1. The molecule has 0 spiro atoms. The van der Waals surface area contributed by atoms with Crippen LogP contribution >= 0.6 is 0 Å². The quantitative estimate of drug-likeness (QED) is 0.487. The highest BCUT2D eigenvalue weighted by Crippen LogP contribution is 2.44. The van der Waals surface area contributed by atoms with Crippen molar-refractivity contribution in [1.82, 2.24) is 5.32 Å². The Hall–Kier alpha value is -3.93. The molecule has 5 nitrogen and oxygen atoms in total. The molecule has 0 radical (unpaired) electrons. The molecule has 0 aromatic heterocycles. The Labute approximate surface area is 185 Å². The summed E-state index contributed by atoms with van der Waals surface area (Å²) in [6.45, 7) is 0.614. The first-order valence-electron chi connectivity index (χ1n) is 10.3. The van der Waals surface area contributed by atoms with Crippen LogP contribution in [0, 0.1) is 5.82 Å². The second-order valence-electron chi connectivity index (χ2n) is 7.49. The van der Waals surface area contributed by atoms with Crippen LogP contribution in [-0.2, 0) is 4.74 Å². The number of carboxylic acid groups (broad SMARTS) is 1. The predicted molar refractivity (Wildman–Crippen MR) is 120 cm³/mol. The molecule has 32 heavy (non-hydrogen) atoms. The molecule has 0 aliphatic heterocycles. The third kappa shape index (κ3) is 4.54. The second kappa shape index (κ2) is 9.47. The van der Waals surface area contributed by atoms with Crippen LogP contribution in [-0.4, -0.2) is 30.3 Å². The minimum absolute atomic E-state index is 0.00922. The largest absolute Gasteiger partial charge is 0.478 e. The number of ether oxygens (including phenoxy) is 1. The average molecular weight is 431 g/mol. The fraction of sp³-hybridized carbons (Fsp3) is 0.154. The zero-order valence-electron chi connectivity index (χ0n) is 17.3. The van der Waals surface area contributed by atoms with E-state index in [1.54, 1.807) is 12.2 Å². The lowest BCUT2D eigenvalue weighted by Crippen LogP contribution is -2.26. The molecule has 1 amide bonds. The number of alkyl carbamates (subject to hydrolysis) is 1. The smallest absolute Gasteiger partial charge is 0.407 e. The van der Waals surface area contributed by atoms with Gasteiger partial charge >= 0.3 is 12.1 Å². The number of aromatic carboxylic acids is 1. The van der Waals surface area contributed by atoms with Crippen molar-refractivity contribution in [3.63, 3.8) is 0 Å². The SMILES string of the molecule is O=C(NCCC=Cc1ccc(F)c(C(=O)O)c1)OCC1c2ccccc2-c2ccccc21. The van der Waals surface area contributed by atoms with Gasteiger partial charge in [-0.25, -0.2) is 14.0 Å². The van der Waals surface area contributed by atoms with Crippen molar-refractivity contribution in [3.8, 4) is 11.1 Å². The standard InChI is InChI=1S/C26H22FNO4/c27-24-13-12-17(15-22(24)25(29)30)7-5-6-14-28-26(31)32-16-23-20-10-3-1-8-18(20)19-9-2-4-11-21(19)23/h1-5,7-13,15,23H,6,14,16H2,(H,28,31)(H,29,30). The maximum absolute atomic E-state index is 13.4. The number of hydrogen-bond donors (Lipinski definition) is 2. The minimum Gasteiger partial charge on any atom is -0.478 e. The summed E-state index contributed by atoms with van der Waals surface area (Å²) in [7, 11) is 0. The molecule has 0 atom stereocenters. The molecule has 0 heterocycles. The van der Waals surface area contributed by atoms with Gasteiger partial charge in [-0.05, 0) is 46.4 Å². The molecular weight excluding hydrogens is 409 g/mol. The molecule has 0 unspecified atom stereocenters. The third-order valence-electron chi connectivity index (χ3n) is 5.46. The number of rotatable bonds is 7. The van der Waals surface area contributed by atoms with Gasteiger partial charge in [-0.15, -0.1) is 0 Å². The summed E-state index contributed by atoms with van der Waals surface area (Å²) >= 11 is 0. The first kappa shape index (κ1) is 21.3. The molecule has 162 valence electrons. The molecular formula is C26H22FNO4. The summed E-state index contributed by atoms with van der Waals surface area (Å²) in [6.07, 6.45) is 3.49. The summed E-state index contributed by atoms with van der Waals surface area (Å²) in [5, 5.41) is 11.7. The van der Waals surface area contributed by atoms with E-state index in [0.717, 1.165) is 17.2 Å². The van der Waals surface area contributed by atoms with Crippen molar-refractivity contribution in [2.75, 3.05) is 13.2 Å². The molecule has 1 aliphatic carbocycles. The van der Waals surface area contributed by atoms with Gasteiger partial charge in [0.25, 0.3) is 0 Å². The van der Waals surface area contributed by atoms with E-state index in [0.29, 0.717) is 18.5 Å². The van der Waals surface area contributed by atoms with E-state index in [9.17, 15) is 14.0 Å². The van der Waals surface area contributed by atoms with Crippen molar-refractivity contribution >= 4 is 18.1 Å². The van der Waals surface area contributed by atoms with E-state index >= 15 is 0 Å². The van der Waals surface area contributed by atoms with Gasteiger partial charge in [-0.3, -0.25) is 0 Å². The van der Waals surface area contributed by atoms with E-state index in [-0.39, 0.29) is 18.1 Å². The Balaban J connectivity index is 1.27. The summed E-state index contributed by atoms with van der Waals surface area (Å²) in [5.41, 5.74) is 4.87. The van der Waals surface area contributed by atoms with Crippen molar-refractivity contribution in [1.29, 1.82) is 0 Å². The molecule has 4 rings (SSSR count). The highest BCUT2D eigenvalue weighted by Gasteiger charge is 2.28. The summed E-state index contributed by atoms with van der Waals surface area (Å²) in [4.78, 5) is 23.1. The average Bonchev–Trinajstić information content (AvgIpc) is 3.12. The normalized spacial score (nSPS) is 12.4. The maximum atomic E-state index is 13.4. The second-order valence-corrected chi connectivity index (χ2v) is 7.49. The fourth-order valence-electron chi connectivity index (χ4n) is 3.94. The van der Waals surface area contributed by atoms with E-state index in [2.05, 4.69) is 29.6 Å². The van der Waals surface area contributed by atoms with Crippen LogP contribution in [0.1, 0.15) is 39.4 Å². The zero-order valence-corrected chi connectivity index (χ0v) is 17.3. The molecule has 0 bridgehead atoms. The van der Waals surface area contributed by atoms with Crippen molar-refractivity contribution < 1.29 is 23.8 Å². The van der Waals surface area contributed by atoms with Crippen LogP contribution in [0.2, 0.25) is 0 Å². The highest BCUT2D eigenvalue weighted by molar-refractivity contribution is 5.88. The minimum atomic E-state index is -1.31. The highest BCUT2D eigenvalue weighted by atomic mass is 19.1. The first-order valence-corrected chi connectivity index (χ1v) is 10.3. The zero-order chi connectivity index (χ0) is 22.5. The Bertz CT molecular complexity index is 1140. The van der Waals surface area contributed by atoms with Gasteiger partial charge in [-0.2, -0.15) is 0 Å². The number of fused-ring (bicyclic) bond motifs is 3. The number of amides is 1. The lowest BCUT2D eigenvalue weighted by atomic mass is 9.98. The number of carbonyl (C=O) groups is 2. The van der Waals surface area contributed by atoms with E-state index in [4.69, 9.17) is 9.84 Å². The molecule has 3 aromatic carbocycles. The van der Waals surface area contributed by atoms with Gasteiger partial charge in [0.2, 0.25) is 0 Å². The number of carboxylic acids is 1. The van der Waals surface area contributed by atoms with Gasteiger partial charge in [0.1, 0.15) is 12.4 Å². The maximum Gasteiger partial charge on any atom is 0.407 e. The summed E-state index contributed by atoms with van der Waals surface area (Å²) < 4.78 is 18.9. The lowest BCUT2D eigenvalue weighted by molar-refractivity contribution is 0.0691. The number of benzene rings is 3. The molecule has 1 aliphatic rings. The van der Waals surface area contributed by atoms with E-state index in [1.165, 1.54) is 23.3 Å². The molecule has 3 aromatic rings. The Morgan fingerprint density at radius 3 is 2.31 bits per heavy atom. The summed E-state index contributed by atoms with van der Waals surface area (Å²) in [5.74, 6) is -2.07. The molecule has 2 N–H and O–H groups in total. The van der Waals surface area contributed by atoms with Gasteiger partial charge in [-0.1, -0.05) is 66.7 Å². The third-order valence-corrected chi connectivity index (χ3v) is 5.46. The Kier molecular flexibility index (Phi) is 6.31. The Morgan fingerprint density at radius 1 is 1.00 bits per heavy atom. The first-order chi connectivity index (χ1) is 15.5. The Morgan fingerprint density at radius 2 is 1.66 bits per heavy atom. The number of nitrogens with one attached hydrogen (secondary N) is 1. The molecule has 0 saturated heterocycles. The van der Waals surface area contributed by atoms with Crippen molar-refractivity contribution in [3.05, 3.63) is 101 Å². The van der Waals surface area contributed by atoms with Crippen LogP contribution in [0.4, 0.5) is 9.18 Å². The lowest BCUT2D eigenvalue weighted by Gasteiger charge is -2.14. The van der Waals surface area contributed by atoms with Crippen LogP contribution in [0.5, 0.6) is 0 Å². The number of carbonyl (C=O) groups excluding carboxylic acids is 1. The van der Waals surface area contributed by atoms with Crippen LogP contribution in [0.15, 0.2) is 72.8 Å². The van der Waals surface area contributed by atoms with Crippen LogP contribution < -0.4 is 5.32 Å². The fourth-order valence-corrected chi connectivity index (χ4v) is 3.94. The summed E-state index contributed by atoms with van der Waals surface area (Å²) in [6, 6.07) is 20.2. The monoisotopic (exact) mass is 431 g/mol. The van der Waals surface area contributed by atoms with Crippen LogP contribution in [0.3, 0.4) is 0 Å². The van der Waals surface area contributed by atoms with Gasteiger partial charge in [0.15, 0.2) is 0 Å². The van der Waals surface area contributed by atoms with E-state index in [1.807, 2.05) is 24.3 Å². The van der Waals surface area contributed by atoms with Crippen LogP contribution in [0.25, 0.3) is 17.2 Å². The molecule has 0 saturated carbocycles. The van der Waals surface area contributed by atoms with Gasteiger partial charge < -0.3 is 15.2 Å². The predicted octanol–water partition coefficient (Wildman–Crippen LogP) is 5.47. The molecule has 0 fully saturated rings. The van der Waals surface area contributed by atoms with E-state index < -0.39 is 17.9 Å². The topological polar surface area (TPSA) is 75.6 Å². The number of hydrogen-bond acceptors (Lipinski definition) is 3. The molecule has 6 heteroatoms. The van der Waals surface area contributed by atoms with Gasteiger partial charge in [0, 0.05) is 12.5 Å².